The van der Waals surface area contributed by atoms with Gasteiger partial charge in [0.1, 0.15) is 16.5 Å². The van der Waals surface area contributed by atoms with Gasteiger partial charge in [-0.05, 0) is 30.3 Å². The van der Waals surface area contributed by atoms with Gasteiger partial charge in [0.05, 0.1) is 19.9 Å². The molecule has 4 aromatic rings. The molecule has 0 bridgehead atoms. The Morgan fingerprint density at radius 2 is 1.88 bits per heavy atom. The number of nitrogen functional groups attached to an aromatic ring is 1. The highest BCUT2D eigenvalue weighted by molar-refractivity contribution is 7.19. The zero-order valence-corrected chi connectivity index (χ0v) is 14.4. The van der Waals surface area contributed by atoms with Gasteiger partial charge in [0.15, 0.2) is 5.82 Å². The zero-order chi connectivity index (χ0) is 17.4. The van der Waals surface area contributed by atoms with Crippen LogP contribution in [0.5, 0.6) is 11.5 Å². The highest BCUT2D eigenvalue weighted by Gasteiger charge is 2.15. The minimum absolute atomic E-state index is 0.569. The minimum atomic E-state index is 0.569. The molecule has 0 aliphatic rings. The molecule has 0 spiro atoms. The number of hydrogen-bond donors (Lipinski definition) is 1. The third-order valence-electron chi connectivity index (χ3n) is 3.80. The summed E-state index contributed by atoms with van der Waals surface area (Å²) >= 11 is 1.45. The number of aromatic nitrogens is 4. The third kappa shape index (κ3) is 2.66. The van der Waals surface area contributed by atoms with Crippen LogP contribution in [-0.4, -0.2) is 34.0 Å². The van der Waals surface area contributed by atoms with Crippen molar-refractivity contribution in [3.8, 4) is 33.5 Å². The molecular weight excluding hydrogens is 338 g/mol. The Morgan fingerprint density at radius 1 is 1.00 bits per heavy atom. The molecule has 0 atom stereocenters. The van der Waals surface area contributed by atoms with Crippen molar-refractivity contribution < 1.29 is 9.47 Å². The molecule has 0 aliphatic heterocycles. The molecule has 2 aromatic carbocycles. The fraction of sp³-hybridized carbons (Fsp3) is 0.118. The van der Waals surface area contributed by atoms with Crippen molar-refractivity contribution in [3.63, 3.8) is 0 Å². The van der Waals surface area contributed by atoms with Crippen molar-refractivity contribution in [1.82, 2.24) is 19.8 Å². The maximum atomic E-state index is 5.99. The van der Waals surface area contributed by atoms with Gasteiger partial charge in [-0.2, -0.15) is 9.61 Å². The normalized spacial score (nSPS) is 11.0. The lowest BCUT2D eigenvalue weighted by Gasteiger charge is -2.05. The van der Waals surface area contributed by atoms with Gasteiger partial charge in [-0.3, -0.25) is 0 Å². The maximum Gasteiger partial charge on any atom is 0.235 e. The van der Waals surface area contributed by atoms with Gasteiger partial charge >= 0.3 is 0 Å². The third-order valence-corrected chi connectivity index (χ3v) is 4.74. The van der Waals surface area contributed by atoms with E-state index in [-0.39, 0.29) is 0 Å². The maximum absolute atomic E-state index is 5.99. The van der Waals surface area contributed by atoms with Crippen LogP contribution in [0.15, 0.2) is 42.5 Å². The Morgan fingerprint density at radius 3 is 2.64 bits per heavy atom. The average molecular weight is 353 g/mol. The van der Waals surface area contributed by atoms with Crippen molar-refractivity contribution >= 4 is 22.0 Å². The van der Waals surface area contributed by atoms with Crippen molar-refractivity contribution in [2.75, 3.05) is 20.0 Å². The van der Waals surface area contributed by atoms with Crippen LogP contribution < -0.4 is 15.2 Å². The van der Waals surface area contributed by atoms with E-state index in [0.29, 0.717) is 22.2 Å². The summed E-state index contributed by atoms with van der Waals surface area (Å²) in [6.45, 7) is 0. The Kier molecular flexibility index (Phi) is 3.73. The Balaban J connectivity index is 1.79. The molecule has 126 valence electrons. The van der Waals surface area contributed by atoms with E-state index < -0.39 is 0 Å². The van der Waals surface area contributed by atoms with Gasteiger partial charge in [0.25, 0.3) is 0 Å². The van der Waals surface area contributed by atoms with Gasteiger partial charge in [0, 0.05) is 11.1 Å². The SMILES string of the molecule is COc1cccc(-c2nnc3sc(-c4ccc(OC)c(N)c4)nn23)c1. The van der Waals surface area contributed by atoms with Crippen LogP contribution in [0.3, 0.4) is 0 Å². The van der Waals surface area contributed by atoms with Crippen LogP contribution in [0.2, 0.25) is 0 Å². The second-order valence-electron chi connectivity index (χ2n) is 5.31. The molecule has 0 aliphatic carbocycles. The fourth-order valence-electron chi connectivity index (χ4n) is 2.54. The molecule has 4 rings (SSSR count). The Hall–Kier alpha value is -3.13. The summed E-state index contributed by atoms with van der Waals surface area (Å²) in [7, 11) is 3.22. The van der Waals surface area contributed by atoms with Crippen LogP contribution in [-0.2, 0) is 0 Å². The summed E-state index contributed by atoms with van der Waals surface area (Å²) in [4.78, 5) is 0.710. The van der Waals surface area contributed by atoms with Gasteiger partial charge in [-0.15, -0.1) is 10.2 Å². The standard InChI is InChI=1S/C17H15N5O2S/c1-23-12-5-3-4-10(8-12)15-19-20-17-22(15)21-16(25-17)11-6-7-14(24-2)13(18)9-11/h3-9H,18H2,1-2H3. The number of nitrogens with zero attached hydrogens (tertiary/aromatic N) is 4. The summed E-state index contributed by atoms with van der Waals surface area (Å²) in [5.41, 5.74) is 8.36. The monoisotopic (exact) mass is 353 g/mol. The topological polar surface area (TPSA) is 87.6 Å². The second kappa shape index (κ2) is 6.06. The van der Waals surface area contributed by atoms with E-state index in [2.05, 4.69) is 15.3 Å². The molecule has 0 amide bonds. The fourth-order valence-corrected chi connectivity index (χ4v) is 3.38. The molecule has 2 N–H and O–H groups in total. The molecule has 0 saturated carbocycles. The first-order chi connectivity index (χ1) is 12.2. The van der Waals surface area contributed by atoms with E-state index in [4.69, 9.17) is 15.2 Å². The first-order valence-corrected chi connectivity index (χ1v) is 8.32. The molecular formula is C17H15N5O2S. The predicted molar refractivity (Wildman–Crippen MR) is 97.0 cm³/mol. The first-order valence-electron chi connectivity index (χ1n) is 7.50. The summed E-state index contributed by atoms with van der Waals surface area (Å²) < 4.78 is 12.2. The number of benzene rings is 2. The Bertz CT molecular complexity index is 1060. The van der Waals surface area contributed by atoms with Crippen LogP contribution in [0.4, 0.5) is 5.69 Å². The van der Waals surface area contributed by atoms with Crippen LogP contribution in [0, 0.1) is 0 Å². The van der Waals surface area contributed by atoms with E-state index >= 15 is 0 Å². The molecule has 0 saturated heterocycles. The lowest BCUT2D eigenvalue weighted by Crippen LogP contribution is -1.94. The molecule has 7 nitrogen and oxygen atoms in total. The number of fused-ring (bicyclic) bond motifs is 1. The number of rotatable bonds is 4. The predicted octanol–water partition coefficient (Wildman–Crippen LogP) is 3.12. The van der Waals surface area contributed by atoms with E-state index in [0.717, 1.165) is 21.9 Å². The zero-order valence-electron chi connectivity index (χ0n) is 13.6. The summed E-state index contributed by atoms with van der Waals surface area (Å²) in [5, 5.41) is 13.9. The second-order valence-corrected chi connectivity index (χ2v) is 6.27. The number of anilines is 1. The molecule has 8 heteroatoms. The highest BCUT2D eigenvalue weighted by Crippen LogP contribution is 2.32. The summed E-state index contributed by atoms with van der Waals surface area (Å²) in [5.74, 6) is 2.06. The number of hydrogen-bond acceptors (Lipinski definition) is 7. The van der Waals surface area contributed by atoms with E-state index in [9.17, 15) is 0 Å². The van der Waals surface area contributed by atoms with Crippen molar-refractivity contribution in [3.05, 3.63) is 42.5 Å². The molecule has 25 heavy (non-hydrogen) atoms. The van der Waals surface area contributed by atoms with Crippen molar-refractivity contribution in [1.29, 1.82) is 0 Å². The van der Waals surface area contributed by atoms with Gasteiger partial charge in [0.2, 0.25) is 4.96 Å². The number of methoxy groups -OCH3 is 2. The molecule has 2 heterocycles. The molecule has 0 radical (unpaired) electrons. The van der Waals surface area contributed by atoms with Crippen molar-refractivity contribution in [2.45, 2.75) is 0 Å². The number of ether oxygens (including phenoxy) is 2. The minimum Gasteiger partial charge on any atom is -0.497 e. The smallest absolute Gasteiger partial charge is 0.235 e. The van der Waals surface area contributed by atoms with Gasteiger partial charge in [-0.25, -0.2) is 0 Å². The quantitative estimate of drug-likeness (QED) is 0.567. The van der Waals surface area contributed by atoms with Gasteiger partial charge < -0.3 is 15.2 Å². The average Bonchev–Trinajstić information content (AvgIpc) is 3.22. The van der Waals surface area contributed by atoms with Crippen LogP contribution in [0.1, 0.15) is 0 Å². The van der Waals surface area contributed by atoms with Gasteiger partial charge in [-0.1, -0.05) is 23.5 Å². The lowest BCUT2D eigenvalue weighted by atomic mass is 10.2. The molecule has 0 fully saturated rings. The summed E-state index contributed by atoms with van der Waals surface area (Å²) in [6.07, 6.45) is 0. The van der Waals surface area contributed by atoms with Crippen LogP contribution in [0.25, 0.3) is 26.9 Å². The van der Waals surface area contributed by atoms with E-state index in [1.54, 1.807) is 18.7 Å². The Labute approximate surface area is 147 Å². The number of nitrogens with two attached hydrogens (primary N) is 1. The van der Waals surface area contributed by atoms with Crippen molar-refractivity contribution in [2.24, 2.45) is 0 Å². The highest BCUT2D eigenvalue weighted by atomic mass is 32.1. The van der Waals surface area contributed by atoms with E-state index in [1.165, 1.54) is 11.3 Å². The summed E-state index contributed by atoms with van der Waals surface area (Å²) in [6, 6.07) is 13.2. The lowest BCUT2D eigenvalue weighted by molar-refractivity contribution is 0.415. The van der Waals surface area contributed by atoms with E-state index in [1.807, 2.05) is 42.5 Å². The van der Waals surface area contributed by atoms with Crippen LogP contribution >= 0.6 is 11.3 Å². The first kappa shape index (κ1) is 15.4. The largest absolute Gasteiger partial charge is 0.497 e. The molecule has 2 aromatic heterocycles. The molecule has 0 unspecified atom stereocenters.